The lowest BCUT2D eigenvalue weighted by atomic mass is 9.96. The number of hydrogen-bond acceptors (Lipinski definition) is 5. The number of anilines is 3. The first-order valence-corrected chi connectivity index (χ1v) is 13.9. The number of piperidine rings is 2. The van der Waals surface area contributed by atoms with Crippen molar-refractivity contribution >= 4 is 38.9 Å². The average Bonchev–Trinajstić information content (AvgIpc) is 2.87. The molecule has 1 atom stereocenters. The quantitative estimate of drug-likeness (QED) is 0.684. The van der Waals surface area contributed by atoms with Gasteiger partial charge in [0, 0.05) is 25.3 Å². The van der Waals surface area contributed by atoms with Crippen molar-refractivity contribution in [1.29, 1.82) is 0 Å². The minimum absolute atomic E-state index is 0.149. The van der Waals surface area contributed by atoms with Crippen LogP contribution < -0.4 is 15.1 Å². The van der Waals surface area contributed by atoms with Crippen LogP contribution in [0.15, 0.2) is 47.4 Å². The summed E-state index contributed by atoms with van der Waals surface area (Å²) in [6.45, 7) is 3.54. The molecule has 2 saturated heterocycles. The first kappa shape index (κ1) is 23.8. The van der Waals surface area contributed by atoms with Crippen LogP contribution in [0.5, 0.6) is 0 Å². The van der Waals surface area contributed by atoms with E-state index in [1.165, 1.54) is 9.21 Å². The molecule has 3 aliphatic heterocycles. The fraction of sp³-hybridized carbons (Fsp3) is 0.462. The lowest BCUT2D eigenvalue weighted by Crippen LogP contribution is -2.56. The molecule has 3 heterocycles. The summed E-state index contributed by atoms with van der Waals surface area (Å²) in [7, 11) is -3.67. The van der Waals surface area contributed by atoms with Crippen LogP contribution in [0.1, 0.15) is 44.1 Å². The zero-order chi connectivity index (χ0) is 24.6. The highest BCUT2D eigenvalue weighted by molar-refractivity contribution is 7.89. The number of nitrogens with zero attached hydrogens (tertiary/aromatic N) is 3. The van der Waals surface area contributed by atoms with Crippen LogP contribution in [0.4, 0.5) is 17.1 Å². The van der Waals surface area contributed by atoms with E-state index < -0.39 is 10.0 Å². The summed E-state index contributed by atoms with van der Waals surface area (Å²) in [5.41, 5.74) is 2.99. The molecule has 2 fully saturated rings. The standard InChI is InChI=1S/C26H32N4O4S/c1-19-8-7-9-20(16-19)27-25(31)18-30-24-17-21(35(33,34)28-13-4-2-5-14-28)11-12-22(24)29-15-6-3-10-23(29)26(30)32/h7-9,11-12,16-17,23H,2-6,10,13-15,18H2,1H3,(H,27,31)/t23-/m0/s1. The van der Waals surface area contributed by atoms with Crippen LogP contribution in [-0.4, -0.2) is 56.8 Å². The van der Waals surface area contributed by atoms with Crippen molar-refractivity contribution in [1.82, 2.24) is 4.31 Å². The second-order valence-electron chi connectivity index (χ2n) is 9.66. The van der Waals surface area contributed by atoms with Crippen molar-refractivity contribution in [2.24, 2.45) is 0 Å². The Morgan fingerprint density at radius 1 is 0.971 bits per heavy atom. The molecule has 35 heavy (non-hydrogen) atoms. The third kappa shape index (κ3) is 4.67. The number of rotatable bonds is 5. The van der Waals surface area contributed by atoms with Crippen LogP contribution in [0.3, 0.4) is 0 Å². The van der Waals surface area contributed by atoms with Gasteiger partial charge in [0.2, 0.25) is 21.8 Å². The zero-order valence-corrected chi connectivity index (χ0v) is 20.9. The van der Waals surface area contributed by atoms with Gasteiger partial charge in [-0.05, 0) is 74.9 Å². The summed E-state index contributed by atoms with van der Waals surface area (Å²) >= 11 is 0. The predicted molar refractivity (Wildman–Crippen MR) is 136 cm³/mol. The average molecular weight is 497 g/mol. The highest BCUT2D eigenvalue weighted by Crippen LogP contribution is 2.41. The van der Waals surface area contributed by atoms with E-state index in [1.54, 1.807) is 12.1 Å². The summed E-state index contributed by atoms with van der Waals surface area (Å²) in [4.78, 5) is 30.3. The Balaban J connectivity index is 1.49. The molecule has 0 unspecified atom stereocenters. The molecular weight excluding hydrogens is 464 g/mol. The number of carbonyl (C=O) groups is 2. The SMILES string of the molecule is Cc1cccc(NC(=O)CN2C(=O)[C@@H]3CCCCN3c3ccc(S(=O)(=O)N4CCCCC4)cc32)c1. The highest BCUT2D eigenvalue weighted by Gasteiger charge is 2.41. The number of sulfonamides is 1. The van der Waals surface area contributed by atoms with E-state index >= 15 is 0 Å². The monoisotopic (exact) mass is 496 g/mol. The Labute approximate surface area is 206 Å². The minimum atomic E-state index is -3.67. The number of nitrogens with one attached hydrogen (secondary N) is 1. The number of amides is 2. The fourth-order valence-corrected chi connectivity index (χ4v) is 6.92. The van der Waals surface area contributed by atoms with Crippen molar-refractivity contribution in [3.8, 4) is 0 Å². The van der Waals surface area contributed by atoms with Gasteiger partial charge < -0.3 is 10.2 Å². The van der Waals surface area contributed by atoms with Crippen molar-refractivity contribution in [2.75, 3.05) is 41.3 Å². The van der Waals surface area contributed by atoms with E-state index in [4.69, 9.17) is 0 Å². The molecule has 0 saturated carbocycles. The van der Waals surface area contributed by atoms with Gasteiger partial charge in [-0.3, -0.25) is 14.5 Å². The molecule has 0 radical (unpaired) electrons. The van der Waals surface area contributed by atoms with Gasteiger partial charge in [0.05, 0.1) is 16.3 Å². The van der Waals surface area contributed by atoms with Crippen molar-refractivity contribution in [2.45, 2.75) is 56.4 Å². The molecule has 2 amide bonds. The van der Waals surface area contributed by atoms with E-state index in [9.17, 15) is 18.0 Å². The van der Waals surface area contributed by atoms with Gasteiger partial charge >= 0.3 is 0 Å². The van der Waals surface area contributed by atoms with Crippen LogP contribution in [-0.2, 0) is 19.6 Å². The van der Waals surface area contributed by atoms with Crippen molar-refractivity contribution in [3.63, 3.8) is 0 Å². The molecule has 0 spiro atoms. The molecular formula is C26H32N4O4S. The lowest BCUT2D eigenvalue weighted by Gasteiger charge is -2.45. The fourth-order valence-electron chi connectivity index (χ4n) is 5.38. The predicted octanol–water partition coefficient (Wildman–Crippen LogP) is 3.51. The number of aryl methyl sites for hydroxylation is 1. The van der Waals surface area contributed by atoms with Crippen LogP contribution in [0.2, 0.25) is 0 Å². The number of hydrogen-bond donors (Lipinski definition) is 1. The van der Waals surface area contributed by atoms with Crippen LogP contribution >= 0.6 is 0 Å². The Kier molecular flexibility index (Phi) is 6.55. The summed E-state index contributed by atoms with van der Waals surface area (Å²) < 4.78 is 28.3. The molecule has 5 rings (SSSR count). The Bertz CT molecular complexity index is 1240. The largest absolute Gasteiger partial charge is 0.358 e. The number of fused-ring (bicyclic) bond motifs is 3. The van der Waals surface area contributed by atoms with Gasteiger partial charge in [0.15, 0.2) is 0 Å². The molecule has 2 aromatic carbocycles. The molecule has 9 heteroatoms. The maximum Gasteiger partial charge on any atom is 0.250 e. The summed E-state index contributed by atoms with van der Waals surface area (Å²) in [5, 5.41) is 2.88. The molecule has 3 aliphatic rings. The normalized spacial score (nSPS) is 20.8. The molecule has 0 aromatic heterocycles. The minimum Gasteiger partial charge on any atom is -0.358 e. The van der Waals surface area contributed by atoms with E-state index in [-0.39, 0.29) is 29.3 Å². The smallest absolute Gasteiger partial charge is 0.250 e. The van der Waals surface area contributed by atoms with Gasteiger partial charge in [0.1, 0.15) is 12.6 Å². The molecule has 0 aliphatic carbocycles. The lowest BCUT2D eigenvalue weighted by molar-refractivity contribution is -0.123. The van der Waals surface area contributed by atoms with E-state index in [1.807, 2.05) is 37.3 Å². The maximum absolute atomic E-state index is 13.6. The van der Waals surface area contributed by atoms with Gasteiger partial charge in [-0.25, -0.2) is 8.42 Å². The summed E-state index contributed by atoms with van der Waals surface area (Å²) in [6.07, 6.45) is 5.39. The van der Waals surface area contributed by atoms with Gasteiger partial charge in [-0.2, -0.15) is 4.31 Å². The first-order valence-electron chi connectivity index (χ1n) is 12.4. The Morgan fingerprint density at radius 2 is 1.74 bits per heavy atom. The summed E-state index contributed by atoms with van der Waals surface area (Å²) in [6, 6.07) is 12.2. The van der Waals surface area contributed by atoms with Crippen LogP contribution in [0.25, 0.3) is 0 Å². The van der Waals surface area contributed by atoms with E-state index in [0.29, 0.717) is 24.5 Å². The topological polar surface area (TPSA) is 90.0 Å². The maximum atomic E-state index is 13.6. The summed E-state index contributed by atoms with van der Waals surface area (Å²) in [5.74, 6) is -0.465. The van der Waals surface area contributed by atoms with E-state index in [0.717, 1.165) is 56.3 Å². The molecule has 186 valence electrons. The Hall–Kier alpha value is -2.91. The zero-order valence-electron chi connectivity index (χ0n) is 20.1. The second kappa shape index (κ2) is 9.62. The number of benzene rings is 2. The van der Waals surface area contributed by atoms with Crippen molar-refractivity contribution in [3.05, 3.63) is 48.0 Å². The van der Waals surface area contributed by atoms with Crippen molar-refractivity contribution < 1.29 is 18.0 Å². The van der Waals surface area contributed by atoms with Gasteiger partial charge in [-0.1, -0.05) is 18.6 Å². The van der Waals surface area contributed by atoms with Crippen LogP contribution in [0, 0.1) is 6.92 Å². The number of carbonyl (C=O) groups excluding carboxylic acids is 2. The first-order chi connectivity index (χ1) is 16.8. The molecule has 0 bridgehead atoms. The molecule has 2 aromatic rings. The molecule has 1 N–H and O–H groups in total. The van der Waals surface area contributed by atoms with E-state index in [2.05, 4.69) is 10.2 Å². The Morgan fingerprint density at radius 3 is 2.51 bits per heavy atom. The second-order valence-corrected chi connectivity index (χ2v) is 11.6. The molecule has 8 nitrogen and oxygen atoms in total. The third-order valence-corrected chi connectivity index (χ3v) is 9.05. The third-order valence-electron chi connectivity index (χ3n) is 7.16. The highest BCUT2D eigenvalue weighted by atomic mass is 32.2. The van der Waals surface area contributed by atoms with Gasteiger partial charge in [-0.15, -0.1) is 0 Å². The van der Waals surface area contributed by atoms with Gasteiger partial charge in [0.25, 0.3) is 0 Å².